The Hall–Kier alpha value is -2.98. The fourth-order valence-corrected chi connectivity index (χ4v) is 6.56. The van der Waals surface area contributed by atoms with Crippen LogP contribution in [0, 0.1) is 0 Å². The molecule has 0 aliphatic carbocycles. The van der Waals surface area contributed by atoms with Gasteiger partial charge in [0.15, 0.2) is 0 Å². The highest BCUT2D eigenvalue weighted by Crippen LogP contribution is 2.48. The van der Waals surface area contributed by atoms with Crippen LogP contribution >= 0.6 is 7.60 Å². The van der Waals surface area contributed by atoms with Crippen molar-refractivity contribution in [1.29, 1.82) is 0 Å². The molecular formula is C32H39N2O3P. The predicted molar refractivity (Wildman–Crippen MR) is 157 cm³/mol. The molecule has 1 aromatic heterocycles. The van der Waals surface area contributed by atoms with Crippen LogP contribution in [0.4, 0.5) is 0 Å². The Balaban J connectivity index is 1.52. The standard InChI is InChI=1S/C32H39N2O3P/c1-3-36-38(35,37-4-2)26-18-7-5-6-17-25-34-31(28-21-13-9-14-22-28)30(27-19-11-8-12-20-27)33-32(34)29-23-15-10-16-24-29/h8-16,19-24H,3-7,17-18,25-26H2,1-2H3. The molecule has 0 bridgehead atoms. The van der Waals surface area contributed by atoms with Crippen LogP contribution in [0.1, 0.15) is 46.0 Å². The van der Waals surface area contributed by atoms with Crippen LogP contribution in [0.5, 0.6) is 0 Å². The van der Waals surface area contributed by atoms with Gasteiger partial charge in [-0.15, -0.1) is 0 Å². The molecule has 4 rings (SSSR count). The van der Waals surface area contributed by atoms with Gasteiger partial charge >= 0.3 is 7.60 Å². The summed E-state index contributed by atoms with van der Waals surface area (Å²) >= 11 is 0. The molecule has 1 heterocycles. The molecule has 0 aliphatic heterocycles. The lowest BCUT2D eigenvalue weighted by Gasteiger charge is -2.16. The first-order chi connectivity index (χ1) is 18.6. The van der Waals surface area contributed by atoms with Gasteiger partial charge in [-0.3, -0.25) is 4.57 Å². The summed E-state index contributed by atoms with van der Waals surface area (Å²) in [6.07, 6.45) is 5.58. The maximum Gasteiger partial charge on any atom is 0.330 e. The van der Waals surface area contributed by atoms with E-state index in [0.717, 1.165) is 67.0 Å². The molecule has 0 N–H and O–H groups in total. The summed E-state index contributed by atoms with van der Waals surface area (Å²) in [6, 6.07) is 31.5. The van der Waals surface area contributed by atoms with E-state index >= 15 is 0 Å². The van der Waals surface area contributed by atoms with Gasteiger partial charge in [0.2, 0.25) is 0 Å². The van der Waals surface area contributed by atoms with Crippen molar-refractivity contribution in [2.24, 2.45) is 0 Å². The third-order valence-corrected chi connectivity index (χ3v) is 8.73. The van der Waals surface area contributed by atoms with Gasteiger partial charge in [0, 0.05) is 23.2 Å². The van der Waals surface area contributed by atoms with Crippen molar-refractivity contribution in [2.75, 3.05) is 19.4 Å². The van der Waals surface area contributed by atoms with E-state index in [2.05, 4.69) is 83.4 Å². The van der Waals surface area contributed by atoms with E-state index in [9.17, 15) is 4.57 Å². The first-order valence-corrected chi connectivity index (χ1v) is 15.5. The SMILES string of the molecule is CCOP(=O)(CCCCCCCn1c(-c2ccccc2)nc(-c2ccccc2)c1-c1ccccc1)OCC. The Morgan fingerprint density at radius 3 is 1.74 bits per heavy atom. The molecule has 0 radical (unpaired) electrons. The van der Waals surface area contributed by atoms with Crippen molar-refractivity contribution in [1.82, 2.24) is 9.55 Å². The van der Waals surface area contributed by atoms with Gasteiger partial charge in [-0.25, -0.2) is 4.98 Å². The Morgan fingerprint density at radius 1 is 0.658 bits per heavy atom. The predicted octanol–water partition coefficient (Wildman–Crippen LogP) is 9.10. The summed E-state index contributed by atoms with van der Waals surface area (Å²) < 4.78 is 25.9. The van der Waals surface area contributed by atoms with E-state index in [1.807, 2.05) is 26.0 Å². The minimum Gasteiger partial charge on any atom is -0.323 e. The lowest BCUT2D eigenvalue weighted by molar-refractivity contribution is 0.219. The largest absolute Gasteiger partial charge is 0.330 e. The number of benzene rings is 3. The molecule has 4 aromatic rings. The maximum atomic E-state index is 12.7. The first-order valence-electron chi connectivity index (χ1n) is 13.8. The zero-order valence-electron chi connectivity index (χ0n) is 22.6. The molecule has 0 aliphatic rings. The zero-order chi connectivity index (χ0) is 26.6. The molecule has 0 saturated heterocycles. The van der Waals surface area contributed by atoms with Crippen molar-refractivity contribution in [2.45, 2.75) is 52.5 Å². The smallest absolute Gasteiger partial charge is 0.323 e. The van der Waals surface area contributed by atoms with E-state index < -0.39 is 7.60 Å². The zero-order valence-corrected chi connectivity index (χ0v) is 23.5. The molecule has 38 heavy (non-hydrogen) atoms. The fourth-order valence-electron chi connectivity index (χ4n) is 4.83. The van der Waals surface area contributed by atoms with Crippen molar-refractivity contribution in [3.05, 3.63) is 91.0 Å². The average Bonchev–Trinajstić information content (AvgIpc) is 3.33. The van der Waals surface area contributed by atoms with Gasteiger partial charge in [0.1, 0.15) is 5.82 Å². The van der Waals surface area contributed by atoms with Gasteiger partial charge < -0.3 is 13.6 Å². The van der Waals surface area contributed by atoms with E-state index in [-0.39, 0.29) is 0 Å². The summed E-state index contributed by atoms with van der Waals surface area (Å²) in [6.45, 7) is 5.43. The average molecular weight is 531 g/mol. The van der Waals surface area contributed by atoms with E-state index in [0.29, 0.717) is 19.4 Å². The summed E-state index contributed by atoms with van der Waals surface area (Å²) in [4.78, 5) is 5.22. The van der Waals surface area contributed by atoms with Gasteiger partial charge in [-0.1, -0.05) is 110 Å². The number of hydrogen-bond donors (Lipinski definition) is 0. The topological polar surface area (TPSA) is 53.4 Å². The second kappa shape index (κ2) is 14.2. The Morgan fingerprint density at radius 2 is 1.16 bits per heavy atom. The summed E-state index contributed by atoms with van der Waals surface area (Å²) in [5, 5.41) is 0. The minimum absolute atomic E-state index is 0.417. The summed E-state index contributed by atoms with van der Waals surface area (Å²) in [5.74, 6) is 0.998. The highest BCUT2D eigenvalue weighted by molar-refractivity contribution is 7.53. The second-order valence-electron chi connectivity index (χ2n) is 9.32. The third kappa shape index (κ3) is 7.32. The molecule has 0 atom stereocenters. The first kappa shape index (κ1) is 28.0. The molecule has 0 fully saturated rings. The molecule has 200 valence electrons. The van der Waals surface area contributed by atoms with Crippen LogP contribution in [0.25, 0.3) is 33.9 Å². The quantitative estimate of drug-likeness (QED) is 0.114. The number of aromatic nitrogens is 2. The van der Waals surface area contributed by atoms with Crippen molar-refractivity contribution in [3.8, 4) is 33.9 Å². The molecule has 5 nitrogen and oxygen atoms in total. The molecular weight excluding hydrogens is 491 g/mol. The van der Waals surface area contributed by atoms with E-state index in [4.69, 9.17) is 14.0 Å². The molecule has 0 spiro atoms. The number of rotatable bonds is 15. The lowest BCUT2D eigenvalue weighted by atomic mass is 10.0. The van der Waals surface area contributed by atoms with Crippen molar-refractivity contribution < 1.29 is 13.6 Å². The van der Waals surface area contributed by atoms with Gasteiger partial charge in [-0.05, 0) is 26.7 Å². The van der Waals surface area contributed by atoms with Crippen LogP contribution in [-0.2, 0) is 20.2 Å². The van der Waals surface area contributed by atoms with E-state index in [1.165, 1.54) is 5.56 Å². The van der Waals surface area contributed by atoms with Gasteiger partial charge in [0.25, 0.3) is 0 Å². The van der Waals surface area contributed by atoms with Crippen LogP contribution < -0.4 is 0 Å². The Bertz CT molecular complexity index is 1280. The number of nitrogens with zero attached hydrogens (tertiary/aromatic N) is 2. The normalized spacial score (nSPS) is 11.6. The Labute approximate surface area is 227 Å². The molecule has 6 heteroatoms. The summed E-state index contributed by atoms with van der Waals surface area (Å²) in [5.41, 5.74) is 5.58. The third-order valence-electron chi connectivity index (χ3n) is 6.56. The van der Waals surface area contributed by atoms with Crippen LogP contribution in [0.3, 0.4) is 0 Å². The molecule has 0 unspecified atom stereocenters. The second-order valence-corrected chi connectivity index (χ2v) is 11.5. The summed E-state index contributed by atoms with van der Waals surface area (Å²) in [7, 11) is -2.94. The number of imidazole rings is 1. The lowest BCUT2D eigenvalue weighted by Crippen LogP contribution is -2.04. The van der Waals surface area contributed by atoms with Crippen LogP contribution in [0.2, 0.25) is 0 Å². The maximum absolute atomic E-state index is 12.7. The highest BCUT2D eigenvalue weighted by atomic mass is 31.2. The minimum atomic E-state index is -2.94. The Kier molecular flexibility index (Phi) is 10.5. The number of unbranched alkanes of at least 4 members (excludes halogenated alkanes) is 4. The monoisotopic (exact) mass is 530 g/mol. The molecule has 0 amide bonds. The van der Waals surface area contributed by atoms with Crippen molar-refractivity contribution in [3.63, 3.8) is 0 Å². The molecule has 3 aromatic carbocycles. The number of hydrogen-bond acceptors (Lipinski definition) is 4. The molecule has 0 saturated carbocycles. The fraction of sp³-hybridized carbons (Fsp3) is 0.344. The van der Waals surface area contributed by atoms with Crippen molar-refractivity contribution >= 4 is 7.60 Å². The van der Waals surface area contributed by atoms with Crippen LogP contribution in [0.15, 0.2) is 91.0 Å². The highest BCUT2D eigenvalue weighted by Gasteiger charge is 2.23. The van der Waals surface area contributed by atoms with E-state index in [1.54, 1.807) is 0 Å². The van der Waals surface area contributed by atoms with Crippen LogP contribution in [-0.4, -0.2) is 28.9 Å². The van der Waals surface area contributed by atoms with Gasteiger partial charge in [0.05, 0.1) is 30.8 Å². The van der Waals surface area contributed by atoms with Gasteiger partial charge in [-0.2, -0.15) is 0 Å².